The van der Waals surface area contributed by atoms with Crippen LogP contribution in [0.1, 0.15) is 27.9 Å². The third kappa shape index (κ3) is 4.99. The molecule has 1 N–H and O–H groups in total. The highest BCUT2D eigenvalue weighted by Crippen LogP contribution is 2.40. The molecule has 2 heterocycles. The highest BCUT2D eigenvalue weighted by Gasteiger charge is 2.25. The molecule has 0 spiro atoms. The van der Waals surface area contributed by atoms with Crippen LogP contribution in [0.5, 0.6) is 0 Å². The first-order chi connectivity index (χ1) is 16.5. The Hall–Kier alpha value is -3.98. The molecule has 0 radical (unpaired) electrons. The van der Waals surface area contributed by atoms with Gasteiger partial charge in [0.05, 0.1) is 13.0 Å². The maximum Gasteiger partial charge on any atom is 0.341 e. The summed E-state index contributed by atoms with van der Waals surface area (Å²) in [6.45, 7) is 3.28. The minimum absolute atomic E-state index is 0.130. The van der Waals surface area contributed by atoms with Crippen LogP contribution in [-0.4, -0.2) is 36.2 Å². The van der Waals surface area contributed by atoms with Crippen molar-refractivity contribution in [2.24, 2.45) is 0 Å². The number of ether oxygens (including phenoxy) is 2. The van der Waals surface area contributed by atoms with Gasteiger partial charge in [0, 0.05) is 15.8 Å². The molecular formula is C25H22N2O6S. The molecule has 0 aliphatic heterocycles. The average Bonchev–Trinajstić information content (AvgIpc) is 3.39. The van der Waals surface area contributed by atoms with Gasteiger partial charge in [0.1, 0.15) is 16.3 Å². The molecule has 4 rings (SSSR count). The number of benzene rings is 2. The topological polar surface area (TPSA) is 108 Å². The van der Waals surface area contributed by atoms with Crippen molar-refractivity contribution in [2.45, 2.75) is 20.3 Å². The van der Waals surface area contributed by atoms with Crippen molar-refractivity contribution in [3.8, 4) is 11.1 Å². The zero-order chi connectivity index (χ0) is 24.1. The van der Waals surface area contributed by atoms with E-state index in [2.05, 4.69) is 10.5 Å². The molecule has 174 valence electrons. The first-order valence-electron chi connectivity index (χ1n) is 10.6. The van der Waals surface area contributed by atoms with Crippen LogP contribution in [0.15, 0.2) is 59.1 Å². The molecule has 1 amide bonds. The molecule has 0 fully saturated rings. The average molecular weight is 479 g/mol. The molecule has 0 aliphatic rings. The fraction of sp³-hybridized carbons (Fsp3) is 0.200. The van der Waals surface area contributed by atoms with Crippen LogP contribution in [0, 0.1) is 6.92 Å². The summed E-state index contributed by atoms with van der Waals surface area (Å²) in [6, 6.07) is 16.6. The third-order valence-electron chi connectivity index (χ3n) is 5.01. The number of fused-ring (bicyclic) bond motifs is 1. The van der Waals surface area contributed by atoms with Gasteiger partial charge in [-0.25, -0.2) is 4.79 Å². The van der Waals surface area contributed by atoms with E-state index in [-0.39, 0.29) is 18.6 Å². The van der Waals surface area contributed by atoms with Crippen LogP contribution < -0.4 is 5.32 Å². The van der Waals surface area contributed by atoms with Crippen LogP contribution in [0.3, 0.4) is 0 Å². The molecule has 2 aromatic heterocycles. The van der Waals surface area contributed by atoms with Crippen molar-refractivity contribution in [3.63, 3.8) is 0 Å². The second kappa shape index (κ2) is 10.3. The molecule has 0 aliphatic carbocycles. The molecule has 0 saturated carbocycles. The Balaban J connectivity index is 1.46. The largest absolute Gasteiger partial charge is 0.462 e. The van der Waals surface area contributed by atoms with Gasteiger partial charge in [0.15, 0.2) is 12.2 Å². The number of para-hydroxylation sites is 1. The molecule has 4 aromatic rings. The quantitative estimate of drug-likeness (QED) is 0.364. The van der Waals surface area contributed by atoms with Crippen LogP contribution in [0.2, 0.25) is 0 Å². The lowest BCUT2D eigenvalue weighted by molar-refractivity contribution is -0.146. The van der Waals surface area contributed by atoms with Gasteiger partial charge in [-0.15, -0.1) is 11.3 Å². The monoisotopic (exact) mass is 478 g/mol. The van der Waals surface area contributed by atoms with E-state index >= 15 is 0 Å². The van der Waals surface area contributed by atoms with E-state index in [0.29, 0.717) is 27.2 Å². The van der Waals surface area contributed by atoms with Gasteiger partial charge in [0.25, 0.3) is 5.91 Å². The summed E-state index contributed by atoms with van der Waals surface area (Å²) in [5.41, 5.74) is 2.83. The van der Waals surface area contributed by atoms with E-state index in [0.717, 1.165) is 10.4 Å². The summed E-state index contributed by atoms with van der Waals surface area (Å²) in [5, 5.41) is 7.64. The van der Waals surface area contributed by atoms with Crippen LogP contribution in [0.4, 0.5) is 5.00 Å². The van der Waals surface area contributed by atoms with Crippen molar-refractivity contribution in [1.29, 1.82) is 0 Å². The Kier molecular flexibility index (Phi) is 7.03. The normalized spacial score (nSPS) is 10.8. The predicted molar refractivity (Wildman–Crippen MR) is 128 cm³/mol. The lowest BCUT2D eigenvalue weighted by Gasteiger charge is -2.09. The Morgan fingerprint density at radius 2 is 1.76 bits per heavy atom. The molecule has 0 atom stereocenters. The Labute approximate surface area is 199 Å². The zero-order valence-corrected chi connectivity index (χ0v) is 19.4. The number of hydrogen-bond donors (Lipinski definition) is 1. The number of nitrogens with one attached hydrogen (secondary N) is 1. The highest BCUT2D eigenvalue weighted by molar-refractivity contribution is 7.17. The van der Waals surface area contributed by atoms with Crippen molar-refractivity contribution in [2.75, 3.05) is 18.5 Å². The fourth-order valence-corrected chi connectivity index (χ4v) is 4.63. The molecule has 34 heavy (non-hydrogen) atoms. The zero-order valence-electron chi connectivity index (χ0n) is 18.6. The van der Waals surface area contributed by atoms with Gasteiger partial charge in [0.2, 0.25) is 0 Å². The summed E-state index contributed by atoms with van der Waals surface area (Å²) in [4.78, 5) is 38.4. The van der Waals surface area contributed by atoms with Gasteiger partial charge in [-0.1, -0.05) is 47.6 Å². The smallest absolute Gasteiger partial charge is 0.341 e. The van der Waals surface area contributed by atoms with E-state index in [1.165, 1.54) is 11.3 Å². The second-order valence-corrected chi connectivity index (χ2v) is 8.56. The van der Waals surface area contributed by atoms with Crippen molar-refractivity contribution < 1.29 is 28.4 Å². The van der Waals surface area contributed by atoms with E-state index < -0.39 is 24.5 Å². The maximum absolute atomic E-state index is 12.7. The molecule has 9 heteroatoms. The van der Waals surface area contributed by atoms with Gasteiger partial charge < -0.3 is 19.3 Å². The van der Waals surface area contributed by atoms with Crippen molar-refractivity contribution in [1.82, 2.24) is 5.16 Å². The predicted octanol–water partition coefficient (Wildman–Crippen LogP) is 4.77. The summed E-state index contributed by atoms with van der Waals surface area (Å²) in [7, 11) is 0. The number of aryl methyl sites for hydroxylation is 1. The van der Waals surface area contributed by atoms with Gasteiger partial charge >= 0.3 is 11.9 Å². The molecule has 0 saturated heterocycles. The van der Waals surface area contributed by atoms with E-state index in [1.54, 1.807) is 25.1 Å². The number of carbonyl (C=O) groups is 3. The van der Waals surface area contributed by atoms with Gasteiger partial charge in [-0.05, 0) is 31.5 Å². The maximum atomic E-state index is 12.7. The number of esters is 2. The number of aromatic nitrogens is 1. The first-order valence-corrected chi connectivity index (χ1v) is 11.4. The molecular weight excluding hydrogens is 456 g/mol. The van der Waals surface area contributed by atoms with Crippen LogP contribution in [-0.2, 0) is 25.5 Å². The number of hydrogen-bond acceptors (Lipinski definition) is 8. The number of amides is 1. The standard InChI is InChI=1S/C25H22N2O6S/c1-3-31-25(30)23-22(16-9-5-4-6-10-16)15(2)34-24(23)26-20(28)14-32-21(29)13-18-17-11-7-8-12-19(17)33-27-18/h4-12H,3,13-14H2,1-2H3,(H,26,28). The lowest BCUT2D eigenvalue weighted by atomic mass is 10.0. The van der Waals surface area contributed by atoms with E-state index in [9.17, 15) is 14.4 Å². The Bertz CT molecular complexity index is 1340. The summed E-state index contributed by atoms with van der Waals surface area (Å²) in [6.07, 6.45) is -0.130. The first kappa shape index (κ1) is 23.2. The number of nitrogens with zero attached hydrogens (tertiary/aromatic N) is 1. The minimum atomic E-state index is -0.618. The molecule has 8 nitrogen and oxygen atoms in total. The number of rotatable bonds is 8. The lowest BCUT2D eigenvalue weighted by Crippen LogP contribution is -2.22. The second-order valence-electron chi connectivity index (χ2n) is 7.33. The van der Waals surface area contributed by atoms with Gasteiger partial charge in [-0.3, -0.25) is 9.59 Å². The summed E-state index contributed by atoms with van der Waals surface area (Å²) >= 11 is 1.26. The minimum Gasteiger partial charge on any atom is -0.462 e. The highest BCUT2D eigenvalue weighted by atomic mass is 32.1. The third-order valence-corrected chi connectivity index (χ3v) is 6.03. The van der Waals surface area contributed by atoms with E-state index in [1.807, 2.05) is 43.3 Å². The Morgan fingerprint density at radius 1 is 1.03 bits per heavy atom. The van der Waals surface area contributed by atoms with Crippen molar-refractivity contribution in [3.05, 3.63) is 70.7 Å². The number of anilines is 1. The number of carbonyl (C=O) groups excluding carboxylic acids is 3. The number of thiophene rings is 1. The Morgan fingerprint density at radius 3 is 2.53 bits per heavy atom. The SMILES string of the molecule is CCOC(=O)c1c(NC(=O)COC(=O)Cc2noc3ccccc23)sc(C)c1-c1ccccc1. The summed E-state index contributed by atoms with van der Waals surface area (Å²) in [5.74, 6) is -1.71. The van der Waals surface area contributed by atoms with E-state index in [4.69, 9.17) is 14.0 Å². The molecule has 0 unspecified atom stereocenters. The summed E-state index contributed by atoms with van der Waals surface area (Å²) < 4.78 is 15.5. The van der Waals surface area contributed by atoms with Crippen molar-refractivity contribution >= 4 is 45.2 Å². The van der Waals surface area contributed by atoms with Gasteiger partial charge in [-0.2, -0.15) is 0 Å². The van der Waals surface area contributed by atoms with Crippen LogP contribution >= 0.6 is 11.3 Å². The molecule has 0 bridgehead atoms. The van der Waals surface area contributed by atoms with Crippen LogP contribution in [0.25, 0.3) is 22.1 Å². The fourth-order valence-electron chi connectivity index (χ4n) is 3.55. The molecule has 2 aromatic carbocycles.